The summed E-state index contributed by atoms with van der Waals surface area (Å²) < 4.78 is 5.18. The minimum atomic E-state index is 0. The van der Waals surface area contributed by atoms with Gasteiger partial charge in [0.05, 0.1) is 38.7 Å². The fourth-order valence-corrected chi connectivity index (χ4v) is 7.82. The minimum absolute atomic E-state index is 0. The normalized spacial score (nSPS) is 10.8. The van der Waals surface area contributed by atoms with Crippen molar-refractivity contribution in [2.75, 3.05) is 33.3 Å². The summed E-state index contributed by atoms with van der Waals surface area (Å²) in [7, 11) is 1.63. The lowest BCUT2D eigenvalue weighted by Crippen LogP contribution is -2.03. The van der Waals surface area contributed by atoms with Crippen molar-refractivity contribution in [2.45, 2.75) is 40.0 Å². The van der Waals surface area contributed by atoms with E-state index in [0.29, 0.717) is 41.2 Å². The van der Waals surface area contributed by atoms with Crippen LogP contribution in [0.4, 0.5) is 0 Å². The number of para-hydroxylation sites is 1. The highest BCUT2D eigenvalue weighted by atomic mass is 35.5. The van der Waals surface area contributed by atoms with Crippen molar-refractivity contribution in [1.29, 1.82) is 0 Å². The van der Waals surface area contributed by atoms with Crippen LogP contribution < -0.4 is 27.7 Å². The van der Waals surface area contributed by atoms with E-state index in [1.165, 1.54) is 33.2 Å². The summed E-state index contributed by atoms with van der Waals surface area (Å²) in [5.41, 5.74) is 32.2. The zero-order valence-electron chi connectivity index (χ0n) is 31.3. The van der Waals surface area contributed by atoms with Crippen LogP contribution in [-0.4, -0.2) is 53.2 Å². The molecule has 0 saturated heterocycles. The van der Waals surface area contributed by atoms with Crippen molar-refractivity contribution in [1.82, 2.24) is 19.9 Å². The summed E-state index contributed by atoms with van der Waals surface area (Å²) >= 11 is 30.0. The van der Waals surface area contributed by atoms with Crippen LogP contribution in [0.2, 0.25) is 25.1 Å². The summed E-state index contributed by atoms with van der Waals surface area (Å²) in [6.07, 6.45) is 9.32. The summed E-state index contributed by atoms with van der Waals surface area (Å²) in [4.78, 5) is 12.8. The summed E-state index contributed by atoms with van der Waals surface area (Å²) in [5, 5.41) is 8.04. The van der Waals surface area contributed by atoms with E-state index in [9.17, 15) is 0 Å². The minimum Gasteiger partial charge on any atom is -0.497 e. The first kappa shape index (κ1) is 45.8. The van der Waals surface area contributed by atoms with Crippen molar-refractivity contribution < 1.29 is 4.74 Å². The molecule has 0 unspecified atom stereocenters. The number of aromatic amines is 4. The molecule has 4 aromatic carbocycles. The molecule has 0 saturated carbocycles. The Bertz CT molecular complexity index is 2520. The van der Waals surface area contributed by atoms with Crippen molar-refractivity contribution in [3.8, 4) is 5.75 Å². The number of nitrogens with one attached hydrogen (secondary N) is 4. The molecule has 9 nitrogen and oxygen atoms in total. The lowest BCUT2D eigenvalue weighted by atomic mass is 10.1. The first-order valence-corrected chi connectivity index (χ1v) is 20.0. The van der Waals surface area contributed by atoms with Crippen LogP contribution in [0.5, 0.6) is 5.75 Å². The number of rotatable bonds is 9. The van der Waals surface area contributed by atoms with Crippen molar-refractivity contribution >= 4 is 102 Å². The molecule has 14 heteroatoms. The maximum absolute atomic E-state index is 6.11. The summed E-state index contributed by atoms with van der Waals surface area (Å²) in [5.74, 6) is 0.769. The number of aryl methyl sites for hydroxylation is 1. The third-order valence-electron chi connectivity index (χ3n) is 9.30. The van der Waals surface area contributed by atoms with Gasteiger partial charge in [-0.15, -0.1) is 0 Å². The Kier molecular flexibility index (Phi) is 17.5. The maximum Gasteiger partial charge on any atom is 0.121 e. The molecule has 304 valence electrons. The number of hydrogen-bond acceptors (Lipinski definition) is 5. The number of hydrogen-bond donors (Lipinski definition) is 8. The molecule has 4 heterocycles. The number of fused-ring (bicyclic) bond motifs is 4. The smallest absolute Gasteiger partial charge is 0.121 e. The zero-order valence-corrected chi connectivity index (χ0v) is 35.0. The van der Waals surface area contributed by atoms with Crippen LogP contribution >= 0.6 is 58.0 Å². The van der Waals surface area contributed by atoms with Crippen molar-refractivity contribution in [3.63, 3.8) is 0 Å². The zero-order chi connectivity index (χ0) is 40.4. The van der Waals surface area contributed by atoms with E-state index in [2.05, 4.69) is 32.9 Å². The number of benzene rings is 4. The van der Waals surface area contributed by atoms with Gasteiger partial charge in [0, 0.05) is 67.5 Å². The third kappa shape index (κ3) is 11.2. The fraction of sp³-hybridized carbons (Fsp3) is 0.256. The average molecular weight is 873 g/mol. The Hall–Kier alpha value is -3.87. The predicted octanol–water partition coefficient (Wildman–Crippen LogP) is 10.9. The molecule has 0 fully saturated rings. The molecule has 0 atom stereocenters. The topological polar surface area (TPSA) is 176 Å². The first-order valence-electron chi connectivity index (χ1n) is 18.1. The van der Waals surface area contributed by atoms with Gasteiger partial charge in [0.25, 0.3) is 0 Å². The van der Waals surface area contributed by atoms with E-state index in [-0.39, 0.29) is 7.43 Å². The molecule has 0 aliphatic carbocycles. The van der Waals surface area contributed by atoms with Gasteiger partial charge in [-0.2, -0.15) is 0 Å². The molecule has 0 aliphatic heterocycles. The molecule has 57 heavy (non-hydrogen) atoms. The third-order valence-corrected chi connectivity index (χ3v) is 10.7. The maximum atomic E-state index is 6.11. The second kappa shape index (κ2) is 21.8. The number of aromatic nitrogens is 4. The standard InChI is InChI=1S/C11H13ClN2O.C11H13ClN2.C10H10Cl2N2.C10H11ClN2.CH4/c1-15-8-4-9-7(2-3-13)6-14-11(9)10(12)5-8;1-7-8(5-6-13)9-3-2-4-10(12)11(9)14-7;11-7-3-8-6(1-2-13)5-14-10(8)9(12)4-7;11-8-1-2-10-9(5-8)7(3-4-12)6-13-10;/h4-6,14H,2-3,13H2,1H3;2-4,14H,5-6,13H2,1H3;3-5,14H,1-2,13H2;1-2,5-6,13H,3-4,12H2;1H4. The first-order chi connectivity index (χ1) is 27.0. The Morgan fingerprint density at radius 2 is 1.09 bits per heavy atom. The lowest BCUT2D eigenvalue weighted by Gasteiger charge is -2.03. The second-order valence-corrected chi connectivity index (χ2v) is 15.1. The molecule has 8 aromatic rings. The van der Waals surface area contributed by atoms with Crippen molar-refractivity contribution in [2.24, 2.45) is 22.9 Å². The van der Waals surface area contributed by atoms with Crippen LogP contribution in [0, 0.1) is 6.92 Å². The van der Waals surface area contributed by atoms with Gasteiger partial charge in [-0.05, 0) is 124 Å². The van der Waals surface area contributed by atoms with Crippen molar-refractivity contribution in [3.05, 3.63) is 132 Å². The van der Waals surface area contributed by atoms with E-state index in [1.54, 1.807) is 19.2 Å². The van der Waals surface area contributed by atoms with E-state index < -0.39 is 0 Å². The van der Waals surface area contributed by atoms with Crippen LogP contribution in [0.25, 0.3) is 43.6 Å². The molecule has 8 rings (SSSR count). The molecular formula is C43H51Cl5N8O. The monoisotopic (exact) mass is 870 g/mol. The number of H-pyrrole nitrogens is 4. The van der Waals surface area contributed by atoms with Crippen LogP contribution in [-0.2, 0) is 25.7 Å². The highest BCUT2D eigenvalue weighted by Gasteiger charge is 2.11. The fourth-order valence-electron chi connectivity index (χ4n) is 6.62. The van der Waals surface area contributed by atoms with Crippen LogP contribution in [0.1, 0.15) is 35.4 Å². The quantitative estimate of drug-likeness (QED) is 0.0719. The van der Waals surface area contributed by atoms with E-state index in [1.807, 2.05) is 61.1 Å². The Morgan fingerprint density at radius 3 is 1.68 bits per heavy atom. The van der Waals surface area contributed by atoms with Gasteiger partial charge in [-0.25, -0.2) is 0 Å². The van der Waals surface area contributed by atoms with E-state index >= 15 is 0 Å². The van der Waals surface area contributed by atoms with Gasteiger partial charge in [0.15, 0.2) is 0 Å². The van der Waals surface area contributed by atoms with E-state index in [0.717, 1.165) is 79.9 Å². The molecule has 0 amide bonds. The Labute approximate surface area is 358 Å². The van der Waals surface area contributed by atoms with E-state index in [4.69, 9.17) is 85.7 Å². The molecule has 0 bridgehead atoms. The van der Waals surface area contributed by atoms with Gasteiger partial charge < -0.3 is 47.6 Å². The SMILES string of the molecule is C.COc1cc(Cl)c2[nH]cc(CCN)c2c1.Cc1[nH]c2c(Cl)cccc2c1CCN.NCCc1c[nH]c2c(Cl)cc(Cl)cc12.NCCc1c[nH]c2ccc(Cl)cc12. The largest absolute Gasteiger partial charge is 0.497 e. The predicted molar refractivity (Wildman–Crippen MR) is 247 cm³/mol. The highest BCUT2D eigenvalue weighted by molar-refractivity contribution is 6.38. The molecule has 0 radical (unpaired) electrons. The number of methoxy groups -OCH3 is 1. The van der Waals surface area contributed by atoms with Gasteiger partial charge in [0.1, 0.15) is 5.75 Å². The lowest BCUT2D eigenvalue weighted by molar-refractivity contribution is 0.415. The molecule has 0 spiro atoms. The second-order valence-electron chi connectivity index (χ2n) is 13.0. The molecule has 4 aromatic heterocycles. The molecular weight excluding hydrogens is 822 g/mol. The van der Waals surface area contributed by atoms with Gasteiger partial charge in [-0.3, -0.25) is 0 Å². The number of nitrogens with two attached hydrogens (primary N) is 4. The van der Waals surface area contributed by atoms with Crippen LogP contribution in [0.15, 0.2) is 79.3 Å². The summed E-state index contributed by atoms with van der Waals surface area (Å²) in [6, 6.07) is 19.2. The Morgan fingerprint density at radius 1 is 0.544 bits per heavy atom. The van der Waals surface area contributed by atoms with Gasteiger partial charge in [-0.1, -0.05) is 77.6 Å². The molecule has 12 N–H and O–H groups in total. The van der Waals surface area contributed by atoms with Crippen LogP contribution in [0.3, 0.4) is 0 Å². The highest BCUT2D eigenvalue weighted by Crippen LogP contribution is 2.32. The molecule has 0 aliphatic rings. The van der Waals surface area contributed by atoms with Gasteiger partial charge >= 0.3 is 0 Å². The number of halogens is 5. The Balaban J connectivity index is 0.000000168. The number of ether oxygens (including phenoxy) is 1. The summed E-state index contributed by atoms with van der Waals surface area (Å²) in [6.45, 7) is 4.64. The average Bonchev–Trinajstić information content (AvgIpc) is 3.96. The van der Waals surface area contributed by atoms with Gasteiger partial charge in [0.2, 0.25) is 0 Å².